The summed E-state index contributed by atoms with van der Waals surface area (Å²) in [6.45, 7) is 1.21. The number of hydrogen-bond acceptors (Lipinski definition) is 4. The predicted molar refractivity (Wildman–Crippen MR) is 89.5 cm³/mol. The average Bonchev–Trinajstić information content (AvgIpc) is 3.30. The third-order valence-corrected chi connectivity index (χ3v) is 4.68. The lowest BCUT2D eigenvalue weighted by Crippen LogP contribution is -2.39. The Morgan fingerprint density at radius 3 is 2.72 bits per heavy atom. The quantitative estimate of drug-likeness (QED) is 0.759. The summed E-state index contributed by atoms with van der Waals surface area (Å²) in [5.74, 6) is -0.994. The molecule has 128 valence electrons. The number of H-pyrrole nitrogens is 1. The van der Waals surface area contributed by atoms with Gasteiger partial charge in [0.1, 0.15) is 0 Å². The first kappa shape index (κ1) is 15.4. The van der Waals surface area contributed by atoms with E-state index in [9.17, 15) is 9.59 Å². The molecule has 0 aliphatic carbocycles. The Labute approximate surface area is 143 Å². The molecule has 1 aromatic carbocycles. The molecule has 1 aliphatic rings. The second kappa shape index (κ2) is 6.04. The fourth-order valence-corrected chi connectivity index (χ4v) is 3.30. The van der Waals surface area contributed by atoms with Gasteiger partial charge in [0.05, 0.1) is 35.1 Å². The highest BCUT2D eigenvalue weighted by atomic mass is 16.4. The van der Waals surface area contributed by atoms with Gasteiger partial charge < -0.3 is 10.0 Å². The number of carbonyl (C=O) groups is 2. The monoisotopic (exact) mass is 339 g/mol. The molecule has 3 aromatic rings. The maximum absolute atomic E-state index is 12.8. The number of rotatable bonds is 3. The van der Waals surface area contributed by atoms with Gasteiger partial charge in [-0.05, 0) is 18.9 Å². The number of nitrogens with zero attached hydrogens (tertiary/aromatic N) is 4. The van der Waals surface area contributed by atoms with Crippen LogP contribution in [0.15, 0.2) is 36.8 Å². The highest BCUT2D eigenvalue weighted by molar-refractivity contribution is 6.05. The van der Waals surface area contributed by atoms with E-state index in [0.29, 0.717) is 18.7 Å². The van der Waals surface area contributed by atoms with Crippen molar-refractivity contribution < 1.29 is 14.7 Å². The highest BCUT2D eigenvalue weighted by Crippen LogP contribution is 2.25. The van der Waals surface area contributed by atoms with Crippen molar-refractivity contribution in [2.24, 2.45) is 0 Å². The molecule has 25 heavy (non-hydrogen) atoms. The Kier molecular flexibility index (Phi) is 3.72. The van der Waals surface area contributed by atoms with E-state index in [1.165, 1.54) is 6.20 Å². The lowest BCUT2D eigenvalue weighted by atomic mass is 10.0. The molecule has 0 saturated carbocycles. The van der Waals surface area contributed by atoms with Crippen molar-refractivity contribution in [2.45, 2.75) is 18.9 Å². The molecule has 8 heteroatoms. The summed E-state index contributed by atoms with van der Waals surface area (Å²) in [6, 6.07) is 5.69. The normalized spacial score (nSPS) is 15.6. The smallest absolute Gasteiger partial charge is 0.338 e. The van der Waals surface area contributed by atoms with Crippen LogP contribution in [0.1, 0.15) is 39.6 Å². The van der Waals surface area contributed by atoms with Crippen molar-refractivity contribution in [3.63, 3.8) is 0 Å². The molecule has 1 amide bonds. The van der Waals surface area contributed by atoms with Gasteiger partial charge in [-0.1, -0.05) is 12.1 Å². The average molecular weight is 339 g/mol. The number of likely N-dealkylation sites (tertiary alicyclic amines) is 1. The van der Waals surface area contributed by atoms with E-state index in [1.54, 1.807) is 17.1 Å². The maximum atomic E-state index is 12.8. The number of aromatic nitrogens is 4. The lowest BCUT2D eigenvalue weighted by molar-refractivity contribution is 0.0689. The first-order valence-corrected chi connectivity index (χ1v) is 8.12. The Morgan fingerprint density at radius 1 is 1.20 bits per heavy atom. The predicted octanol–water partition coefficient (Wildman–Crippen LogP) is 1.93. The number of para-hydroxylation sites is 1. The molecule has 2 aromatic heterocycles. The second-order valence-electron chi connectivity index (χ2n) is 6.18. The molecule has 2 N–H and O–H groups in total. The van der Waals surface area contributed by atoms with Crippen molar-refractivity contribution in [3.8, 4) is 0 Å². The topological polar surface area (TPSA) is 104 Å². The molecule has 3 heterocycles. The van der Waals surface area contributed by atoms with E-state index in [2.05, 4.69) is 15.3 Å². The van der Waals surface area contributed by atoms with E-state index in [0.717, 1.165) is 23.7 Å². The lowest BCUT2D eigenvalue weighted by Gasteiger charge is -2.32. The first-order chi connectivity index (χ1) is 12.1. The summed E-state index contributed by atoms with van der Waals surface area (Å²) >= 11 is 0. The van der Waals surface area contributed by atoms with E-state index in [-0.39, 0.29) is 17.5 Å². The largest absolute Gasteiger partial charge is 0.478 e. The van der Waals surface area contributed by atoms with E-state index >= 15 is 0 Å². The fraction of sp³-hybridized carbons (Fsp3) is 0.294. The molecule has 0 atom stereocenters. The number of aromatic amines is 1. The van der Waals surface area contributed by atoms with Gasteiger partial charge in [0.25, 0.3) is 5.91 Å². The van der Waals surface area contributed by atoms with Crippen LogP contribution in [0, 0.1) is 0 Å². The minimum atomic E-state index is -0.980. The molecule has 0 spiro atoms. The van der Waals surface area contributed by atoms with Gasteiger partial charge in [-0.15, -0.1) is 0 Å². The first-order valence-electron chi connectivity index (χ1n) is 8.12. The summed E-state index contributed by atoms with van der Waals surface area (Å²) in [5.41, 5.74) is 1.57. The third kappa shape index (κ3) is 2.75. The van der Waals surface area contributed by atoms with Crippen LogP contribution < -0.4 is 0 Å². The van der Waals surface area contributed by atoms with Gasteiger partial charge in [-0.3, -0.25) is 14.6 Å². The summed E-state index contributed by atoms with van der Waals surface area (Å²) in [7, 11) is 0. The maximum Gasteiger partial charge on any atom is 0.338 e. The van der Waals surface area contributed by atoms with Gasteiger partial charge in [0.2, 0.25) is 0 Å². The minimum Gasteiger partial charge on any atom is -0.478 e. The van der Waals surface area contributed by atoms with Crippen molar-refractivity contribution >= 4 is 22.8 Å². The van der Waals surface area contributed by atoms with Crippen LogP contribution in [-0.4, -0.2) is 55.0 Å². The minimum absolute atomic E-state index is 0.0139. The molecule has 0 bridgehead atoms. The zero-order valence-corrected chi connectivity index (χ0v) is 13.4. The number of aromatic carboxylic acids is 1. The number of hydrogen-bond donors (Lipinski definition) is 2. The molecule has 8 nitrogen and oxygen atoms in total. The van der Waals surface area contributed by atoms with Crippen LogP contribution in [0.2, 0.25) is 0 Å². The zero-order valence-electron chi connectivity index (χ0n) is 13.4. The molecular weight excluding hydrogens is 322 g/mol. The van der Waals surface area contributed by atoms with Crippen molar-refractivity contribution in [3.05, 3.63) is 47.9 Å². The zero-order chi connectivity index (χ0) is 17.4. The standard InChI is InChI=1S/C17H17N5O3/c23-16(14-3-1-2-11-8-18-20-15(11)14)21-6-4-13(5-7-21)22-10-12(9-19-22)17(24)25/h1-3,8-10,13H,4-7H2,(H,18,20)(H,24,25). The molecule has 4 rings (SSSR count). The van der Waals surface area contributed by atoms with Crippen molar-refractivity contribution in [1.82, 2.24) is 24.9 Å². The molecular formula is C17H17N5O3. The van der Waals surface area contributed by atoms with Crippen LogP contribution in [0.5, 0.6) is 0 Å². The van der Waals surface area contributed by atoms with Crippen molar-refractivity contribution in [1.29, 1.82) is 0 Å². The van der Waals surface area contributed by atoms with Crippen LogP contribution >= 0.6 is 0 Å². The number of piperidine rings is 1. The summed E-state index contributed by atoms with van der Waals surface area (Å²) < 4.78 is 1.70. The van der Waals surface area contributed by atoms with E-state index in [1.807, 2.05) is 23.1 Å². The molecule has 1 saturated heterocycles. The number of amides is 1. The van der Waals surface area contributed by atoms with Crippen LogP contribution in [0.3, 0.4) is 0 Å². The van der Waals surface area contributed by atoms with E-state index in [4.69, 9.17) is 5.11 Å². The second-order valence-corrected chi connectivity index (χ2v) is 6.18. The Balaban J connectivity index is 1.47. The number of carbonyl (C=O) groups excluding carboxylic acids is 1. The van der Waals surface area contributed by atoms with Gasteiger partial charge in [-0.25, -0.2) is 4.79 Å². The summed E-state index contributed by atoms with van der Waals surface area (Å²) in [6.07, 6.45) is 6.10. The number of benzene rings is 1. The summed E-state index contributed by atoms with van der Waals surface area (Å²) in [5, 5.41) is 20.9. The van der Waals surface area contributed by atoms with Crippen molar-refractivity contribution in [2.75, 3.05) is 13.1 Å². The van der Waals surface area contributed by atoms with Gasteiger partial charge in [0.15, 0.2) is 0 Å². The molecule has 1 fully saturated rings. The fourth-order valence-electron chi connectivity index (χ4n) is 3.30. The SMILES string of the molecule is O=C(O)c1cnn(C2CCN(C(=O)c3cccc4cn[nH]c34)CC2)c1. The van der Waals surface area contributed by atoms with Gasteiger partial charge in [0, 0.05) is 24.7 Å². The number of nitrogens with one attached hydrogen (secondary N) is 1. The number of carboxylic acids is 1. The van der Waals surface area contributed by atoms with E-state index < -0.39 is 5.97 Å². The summed E-state index contributed by atoms with van der Waals surface area (Å²) in [4.78, 5) is 25.6. The number of fused-ring (bicyclic) bond motifs is 1. The Morgan fingerprint density at radius 2 is 2.00 bits per heavy atom. The van der Waals surface area contributed by atoms with Crippen LogP contribution in [0.4, 0.5) is 0 Å². The molecule has 0 unspecified atom stereocenters. The molecule has 0 radical (unpaired) electrons. The molecule has 1 aliphatic heterocycles. The van der Waals surface area contributed by atoms with Gasteiger partial charge in [-0.2, -0.15) is 10.2 Å². The highest BCUT2D eigenvalue weighted by Gasteiger charge is 2.26. The number of carboxylic acid groups (broad SMARTS) is 1. The van der Waals surface area contributed by atoms with Gasteiger partial charge >= 0.3 is 5.97 Å². The third-order valence-electron chi connectivity index (χ3n) is 4.68. The Bertz CT molecular complexity index is 937. The Hall–Kier alpha value is -3.16. The van der Waals surface area contributed by atoms with Crippen LogP contribution in [-0.2, 0) is 0 Å². The van der Waals surface area contributed by atoms with Crippen LogP contribution in [0.25, 0.3) is 10.9 Å².